The average molecular weight is 800 g/mol. The van der Waals surface area contributed by atoms with Crippen LogP contribution < -0.4 is 5.32 Å². The maximum absolute atomic E-state index is 13.1. The largest absolute Gasteiger partial charge is 0.462 e. The van der Waals surface area contributed by atoms with Crippen molar-refractivity contribution in [2.45, 2.75) is 257 Å². The van der Waals surface area contributed by atoms with E-state index in [-0.39, 0.29) is 24.9 Å². The molecule has 6 heteroatoms. The summed E-state index contributed by atoms with van der Waals surface area (Å²) in [5.41, 5.74) is 0. The topological polar surface area (TPSA) is 95.9 Å². The first-order valence-electron chi connectivity index (χ1n) is 24.4. The van der Waals surface area contributed by atoms with Gasteiger partial charge in [-0.1, -0.05) is 204 Å². The number of hydrogen-bond acceptors (Lipinski definition) is 5. The molecule has 0 heterocycles. The van der Waals surface area contributed by atoms with Crippen LogP contribution in [0.2, 0.25) is 0 Å². The minimum atomic E-state index is -0.795. The van der Waals surface area contributed by atoms with Crippen molar-refractivity contribution in [1.29, 1.82) is 0 Å². The Morgan fingerprint density at radius 2 is 0.965 bits per heavy atom. The molecule has 0 aromatic heterocycles. The Labute approximate surface area is 353 Å². The highest BCUT2D eigenvalue weighted by Crippen LogP contribution is 2.17. The predicted octanol–water partition coefficient (Wildman–Crippen LogP) is 14.3. The van der Waals surface area contributed by atoms with E-state index in [1.807, 2.05) is 12.2 Å². The fourth-order valence-electron chi connectivity index (χ4n) is 7.25. The number of unbranched alkanes of at least 4 members (excludes halogenated alkanes) is 25. The third kappa shape index (κ3) is 40.4. The first-order chi connectivity index (χ1) is 28.0. The standard InChI is InChI=1S/C51H93NO5/c1-4-7-10-13-16-19-22-23-24-25-26-27-29-32-35-38-41-44-51(56)57-47(42-39-36-33-30-28-20-17-14-11-8-5-2)45-50(55)52-48(46-53)49(54)43-40-37-34-31-21-18-15-12-9-6-3/h8,11,14,17,20,23-24,28,47-49,53-54H,4-7,9-10,12-13,15-16,18-19,21-22,25-27,29-46H2,1-3H3,(H,52,55)/b11-8+,17-14+,24-23+,28-20-. The zero-order valence-electron chi connectivity index (χ0n) is 37.7. The number of amides is 1. The normalized spacial score (nSPS) is 13.7. The van der Waals surface area contributed by atoms with Gasteiger partial charge in [0.25, 0.3) is 0 Å². The lowest BCUT2D eigenvalue weighted by atomic mass is 10.0. The molecule has 332 valence electrons. The SMILES string of the molecule is CC/C=C/C=C/C=C\CCCCCC(CC(=O)NC(CO)C(O)CCCCCCCCCCCC)OC(=O)CCCCCCCCC/C=C/CCCCCCCC. The summed E-state index contributed by atoms with van der Waals surface area (Å²) in [7, 11) is 0. The fourth-order valence-corrected chi connectivity index (χ4v) is 7.25. The summed E-state index contributed by atoms with van der Waals surface area (Å²) in [4.78, 5) is 26.0. The number of allylic oxidation sites excluding steroid dienone is 8. The second kappa shape index (κ2) is 44.9. The molecular weight excluding hydrogens is 707 g/mol. The summed E-state index contributed by atoms with van der Waals surface area (Å²) in [6.07, 6.45) is 53.2. The molecule has 0 aliphatic rings. The van der Waals surface area contributed by atoms with Crippen LogP contribution in [0.25, 0.3) is 0 Å². The number of ether oxygens (including phenoxy) is 1. The number of aliphatic hydroxyl groups is 2. The first kappa shape index (κ1) is 54.8. The molecule has 57 heavy (non-hydrogen) atoms. The Morgan fingerprint density at radius 3 is 1.49 bits per heavy atom. The summed E-state index contributed by atoms with van der Waals surface area (Å²) in [6.45, 7) is 6.32. The summed E-state index contributed by atoms with van der Waals surface area (Å²) >= 11 is 0. The van der Waals surface area contributed by atoms with Crippen molar-refractivity contribution in [2.24, 2.45) is 0 Å². The number of carbonyl (C=O) groups excluding carboxylic acids is 2. The van der Waals surface area contributed by atoms with Crippen molar-refractivity contribution in [3.63, 3.8) is 0 Å². The number of esters is 1. The third-order valence-corrected chi connectivity index (χ3v) is 11.0. The monoisotopic (exact) mass is 800 g/mol. The van der Waals surface area contributed by atoms with Gasteiger partial charge in [0, 0.05) is 6.42 Å². The Morgan fingerprint density at radius 1 is 0.526 bits per heavy atom. The lowest BCUT2D eigenvalue weighted by Gasteiger charge is -2.24. The number of aliphatic hydroxyl groups excluding tert-OH is 2. The van der Waals surface area contributed by atoms with Crippen molar-refractivity contribution in [3.8, 4) is 0 Å². The van der Waals surface area contributed by atoms with E-state index in [0.717, 1.165) is 70.6 Å². The molecule has 3 unspecified atom stereocenters. The quantitative estimate of drug-likeness (QED) is 0.0247. The van der Waals surface area contributed by atoms with E-state index in [9.17, 15) is 19.8 Å². The number of nitrogens with one attached hydrogen (secondary N) is 1. The number of hydrogen-bond donors (Lipinski definition) is 3. The Kier molecular flexibility index (Phi) is 43.2. The third-order valence-electron chi connectivity index (χ3n) is 11.0. The van der Waals surface area contributed by atoms with Gasteiger partial charge in [-0.3, -0.25) is 9.59 Å². The Bertz CT molecular complexity index is 988. The molecule has 3 N–H and O–H groups in total. The highest BCUT2D eigenvalue weighted by Gasteiger charge is 2.24. The van der Waals surface area contributed by atoms with Crippen LogP contribution >= 0.6 is 0 Å². The second-order valence-corrected chi connectivity index (χ2v) is 16.5. The Balaban J connectivity index is 4.56. The van der Waals surface area contributed by atoms with Gasteiger partial charge in [-0.05, 0) is 70.6 Å². The molecule has 0 aromatic rings. The molecule has 0 aliphatic heterocycles. The molecule has 0 aliphatic carbocycles. The molecule has 0 saturated carbocycles. The van der Waals surface area contributed by atoms with Gasteiger partial charge in [0.1, 0.15) is 6.10 Å². The summed E-state index contributed by atoms with van der Waals surface area (Å²) in [5.74, 6) is -0.513. The van der Waals surface area contributed by atoms with Gasteiger partial charge in [0.15, 0.2) is 0 Å². The minimum absolute atomic E-state index is 0.0530. The fraction of sp³-hybridized carbons (Fsp3) is 0.804. The van der Waals surface area contributed by atoms with Crippen molar-refractivity contribution in [3.05, 3.63) is 48.6 Å². The van der Waals surface area contributed by atoms with Crippen molar-refractivity contribution >= 4 is 11.9 Å². The van der Waals surface area contributed by atoms with E-state index in [0.29, 0.717) is 19.3 Å². The lowest BCUT2D eigenvalue weighted by molar-refractivity contribution is -0.151. The molecule has 6 nitrogen and oxygen atoms in total. The predicted molar refractivity (Wildman–Crippen MR) is 245 cm³/mol. The van der Waals surface area contributed by atoms with Gasteiger partial charge in [-0.25, -0.2) is 0 Å². The van der Waals surface area contributed by atoms with Gasteiger partial charge in [0.05, 0.1) is 25.2 Å². The van der Waals surface area contributed by atoms with Crippen molar-refractivity contribution < 1.29 is 24.5 Å². The average Bonchev–Trinajstić information content (AvgIpc) is 3.20. The van der Waals surface area contributed by atoms with Crippen LogP contribution in [0.15, 0.2) is 48.6 Å². The molecular formula is C51H93NO5. The highest BCUT2D eigenvalue weighted by molar-refractivity contribution is 5.77. The zero-order valence-corrected chi connectivity index (χ0v) is 37.7. The zero-order chi connectivity index (χ0) is 41.7. The van der Waals surface area contributed by atoms with Crippen molar-refractivity contribution in [2.75, 3.05) is 6.61 Å². The van der Waals surface area contributed by atoms with Gasteiger partial charge >= 0.3 is 5.97 Å². The molecule has 0 radical (unpaired) electrons. The van der Waals surface area contributed by atoms with E-state index in [1.165, 1.54) is 122 Å². The van der Waals surface area contributed by atoms with Gasteiger partial charge < -0.3 is 20.3 Å². The molecule has 0 saturated heterocycles. The van der Waals surface area contributed by atoms with Crippen LogP contribution in [0.5, 0.6) is 0 Å². The van der Waals surface area contributed by atoms with Crippen LogP contribution in [0.3, 0.4) is 0 Å². The van der Waals surface area contributed by atoms with E-state index < -0.39 is 18.2 Å². The molecule has 0 fully saturated rings. The smallest absolute Gasteiger partial charge is 0.306 e. The first-order valence-corrected chi connectivity index (χ1v) is 24.4. The molecule has 0 bridgehead atoms. The van der Waals surface area contributed by atoms with Crippen LogP contribution in [-0.2, 0) is 14.3 Å². The molecule has 0 spiro atoms. The maximum Gasteiger partial charge on any atom is 0.306 e. The number of rotatable bonds is 43. The van der Waals surface area contributed by atoms with Crippen molar-refractivity contribution in [1.82, 2.24) is 5.32 Å². The lowest BCUT2D eigenvalue weighted by Crippen LogP contribution is -2.46. The van der Waals surface area contributed by atoms with Crippen LogP contribution in [-0.4, -0.2) is 46.9 Å². The Hall–Kier alpha value is -2.18. The summed E-state index contributed by atoms with van der Waals surface area (Å²) in [5, 5.41) is 23.6. The molecule has 0 aromatic carbocycles. The van der Waals surface area contributed by atoms with Crippen LogP contribution in [0.1, 0.15) is 239 Å². The molecule has 3 atom stereocenters. The van der Waals surface area contributed by atoms with E-state index in [2.05, 4.69) is 62.5 Å². The number of carbonyl (C=O) groups is 2. The van der Waals surface area contributed by atoms with Gasteiger partial charge in [0.2, 0.25) is 5.91 Å². The molecule has 1 amide bonds. The summed E-state index contributed by atoms with van der Waals surface area (Å²) < 4.78 is 5.90. The highest BCUT2D eigenvalue weighted by atomic mass is 16.5. The second-order valence-electron chi connectivity index (χ2n) is 16.5. The van der Waals surface area contributed by atoms with Gasteiger partial charge in [-0.15, -0.1) is 0 Å². The maximum atomic E-state index is 13.1. The summed E-state index contributed by atoms with van der Waals surface area (Å²) in [6, 6.07) is -0.711. The van der Waals surface area contributed by atoms with E-state index in [4.69, 9.17) is 4.74 Å². The van der Waals surface area contributed by atoms with E-state index >= 15 is 0 Å². The molecule has 0 rings (SSSR count). The van der Waals surface area contributed by atoms with E-state index in [1.54, 1.807) is 0 Å². The minimum Gasteiger partial charge on any atom is -0.462 e. The van der Waals surface area contributed by atoms with Gasteiger partial charge in [-0.2, -0.15) is 0 Å². The van der Waals surface area contributed by atoms with Crippen LogP contribution in [0.4, 0.5) is 0 Å². The van der Waals surface area contributed by atoms with Crippen LogP contribution in [0, 0.1) is 0 Å².